The predicted molar refractivity (Wildman–Crippen MR) is 57.8 cm³/mol. The number of hydrogen-bond acceptors (Lipinski definition) is 4. The first-order valence-electron chi connectivity index (χ1n) is 5.66. The number of aliphatic hydroxyl groups is 1. The summed E-state index contributed by atoms with van der Waals surface area (Å²) in [6.45, 7) is 5.96. The third kappa shape index (κ3) is 4.28. The maximum absolute atomic E-state index is 11.5. The molecule has 1 fully saturated rings. The largest absolute Gasteiger partial charge is 0.394 e. The van der Waals surface area contributed by atoms with Crippen LogP contribution in [0.3, 0.4) is 0 Å². The molecule has 1 aliphatic heterocycles. The summed E-state index contributed by atoms with van der Waals surface area (Å²) in [6.07, 6.45) is 1.52. The van der Waals surface area contributed by atoms with Crippen LogP contribution in [-0.4, -0.2) is 54.2 Å². The van der Waals surface area contributed by atoms with Crippen molar-refractivity contribution in [2.24, 2.45) is 0 Å². The summed E-state index contributed by atoms with van der Waals surface area (Å²) in [5, 5.41) is 9.03. The van der Waals surface area contributed by atoms with E-state index in [2.05, 4.69) is 4.90 Å². The second-order valence-electron chi connectivity index (χ2n) is 4.23. The van der Waals surface area contributed by atoms with E-state index in [1.54, 1.807) is 0 Å². The molecule has 1 aliphatic rings. The van der Waals surface area contributed by atoms with Crippen LogP contribution in [0.25, 0.3) is 0 Å². The molecule has 2 atom stereocenters. The molecule has 1 saturated heterocycles. The van der Waals surface area contributed by atoms with Gasteiger partial charge in [0.25, 0.3) is 0 Å². The van der Waals surface area contributed by atoms with E-state index in [9.17, 15) is 4.79 Å². The van der Waals surface area contributed by atoms with Crippen molar-refractivity contribution in [3.05, 3.63) is 0 Å². The molecule has 88 valence electrons. The summed E-state index contributed by atoms with van der Waals surface area (Å²) in [7, 11) is 0. The van der Waals surface area contributed by atoms with Crippen molar-refractivity contribution in [1.82, 2.24) is 4.90 Å². The fraction of sp³-hybridized carbons (Fsp3) is 0.909. The molecule has 0 bridgehead atoms. The van der Waals surface area contributed by atoms with Gasteiger partial charge in [0.2, 0.25) is 0 Å². The Morgan fingerprint density at radius 3 is 2.87 bits per heavy atom. The van der Waals surface area contributed by atoms with Crippen molar-refractivity contribution in [3.63, 3.8) is 0 Å². The van der Waals surface area contributed by atoms with E-state index in [1.807, 2.05) is 13.8 Å². The van der Waals surface area contributed by atoms with Gasteiger partial charge in [-0.2, -0.15) is 0 Å². The fourth-order valence-electron chi connectivity index (χ4n) is 1.98. The number of rotatable bonds is 5. The molecule has 0 spiro atoms. The molecule has 1 rings (SSSR count). The highest BCUT2D eigenvalue weighted by Crippen LogP contribution is 2.10. The smallest absolute Gasteiger partial charge is 0.146 e. The van der Waals surface area contributed by atoms with Crippen molar-refractivity contribution in [3.8, 4) is 0 Å². The first-order chi connectivity index (χ1) is 7.15. The van der Waals surface area contributed by atoms with E-state index < -0.39 is 0 Å². The zero-order valence-electron chi connectivity index (χ0n) is 9.61. The minimum absolute atomic E-state index is 0.0306. The lowest BCUT2D eigenvalue weighted by Gasteiger charge is -2.35. The third-order valence-electron chi connectivity index (χ3n) is 2.53. The second-order valence-corrected chi connectivity index (χ2v) is 4.23. The molecule has 1 heterocycles. The Bertz CT molecular complexity index is 208. The minimum Gasteiger partial charge on any atom is -0.394 e. The zero-order valence-corrected chi connectivity index (χ0v) is 9.61. The molecule has 4 heteroatoms. The van der Waals surface area contributed by atoms with E-state index in [1.165, 1.54) is 0 Å². The molecule has 0 aromatic heterocycles. The molecular formula is C11H21NO3. The van der Waals surface area contributed by atoms with Crippen LogP contribution in [0, 0.1) is 0 Å². The Balaban J connectivity index is 2.37. The third-order valence-corrected chi connectivity index (χ3v) is 2.53. The number of ether oxygens (including phenoxy) is 1. The van der Waals surface area contributed by atoms with Gasteiger partial charge in [-0.3, -0.25) is 9.69 Å². The number of carbonyl (C=O) groups is 1. The maximum atomic E-state index is 11.5. The number of aliphatic hydroxyl groups excluding tert-OH is 1. The van der Waals surface area contributed by atoms with Crippen LogP contribution in [0.2, 0.25) is 0 Å². The van der Waals surface area contributed by atoms with Gasteiger partial charge >= 0.3 is 0 Å². The Labute approximate surface area is 91.2 Å². The summed E-state index contributed by atoms with van der Waals surface area (Å²) < 4.78 is 5.50. The number of morpholine rings is 1. The maximum Gasteiger partial charge on any atom is 0.146 e. The number of Topliss-reactive ketones (excluding diaryl/α,β-unsaturated/α-hetero) is 1. The minimum atomic E-state index is -0.136. The van der Waals surface area contributed by atoms with Gasteiger partial charge < -0.3 is 9.84 Å². The molecular weight excluding hydrogens is 194 g/mol. The van der Waals surface area contributed by atoms with Crippen LogP contribution in [0.5, 0.6) is 0 Å². The van der Waals surface area contributed by atoms with Gasteiger partial charge in [0.15, 0.2) is 0 Å². The molecule has 0 radical (unpaired) electrons. The molecule has 15 heavy (non-hydrogen) atoms. The molecule has 1 N–H and O–H groups in total. The van der Waals surface area contributed by atoms with Crippen LogP contribution in [0.15, 0.2) is 0 Å². The van der Waals surface area contributed by atoms with Crippen LogP contribution in [0.1, 0.15) is 26.7 Å². The number of carbonyl (C=O) groups excluding carboxylic acids is 1. The van der Waals surface area contributed by atoms with Crippen molar-refractivity contribution in [2.75, 3.05) is 26.2 Å². The van der Waals surface area contributed by atoms with Crippen LogP contribution >= 0.6 is 0 Å². The highest BCUT2D eigenvalue weighted by Gasteiger charge is 2.25. The number of nitrogens with zero attached hydrogens (tertiary/aromatic N) is 1. The molecule has 0 saturated carbocycles. The number of ketones is 1. The first-order valence-corrected chi connectivity index (χ1v) is 5.66. The monoisotopic (exact) mass is 215 g/mol. The lowest BCUT2D eigenvalue weighted by atomic mass is 10.2. The predicted octanol–water partition coefficient (Wildman–Crippen LogP) is 0.437. The molecule has 0 aromatic rings. The number of hydrogen-bond donors (Lipinski definition) is 1. The topological polar surface area (TPSA) is 49.8 Å². The molecule has 2 unspecified atom stereocenters. The molecule has 4 nitrogen and oxygen atoms in total. The quantitative estimate of drug-likeness (QED) is 0.723. The highest BCUT2D eigenvalue weighted by molar-refractivity contribution is 5.80. The van der Waals surface area contributed by atoms with Crippen molar-refractivity contribution >= 4 is 5.78 Å². The Morgan fingerprint density at radius 2 is 2.27 bits per heavy atom. The summed E-state index contributed by atoms with van der Waals surface area (Å²) in [5.41, 5.74) is 0. The Morgan fingerprint density at radius 1 is 1.53 bits per heavy atom. The normalized spacial score (nSPS) is 27.9. The Hall–Kier alpha value is -0.450. The standard InChI is InChI=1S/C11H21NO3/c1-3-4-10(14)6-12-5-9(2)15-11(7-12)8-13/h9,11,13H,3-8H2,1-2H3. The van der Waals surface area contributed by atoms with E-state index in [0.717, 1.165) is 13.0 Å². The van der Waals surface area contributed by atoms with Gasteiger partial charge in [-0.05, 0) is 13.3 Å². The summed E-state index contributed by atoms with van der Waals surface area (Å²) in [4.78, 5) is 13.5. The summed E-state index contributed by atoms with van der Waals surface area (Å²) >= 11 is 0. The first kappa shape index (κ1) is 12.6. The molecule has 0 aliphatic carbocycles. The fourth-order valence-corrected chi connectivity index (χ4v) is 1.98. The SMILES string of the molecule is CCCC(=O)CN1CC(C)OC(CO)C1. The van der Waals surface area contributed by atoms with Gasteiger partial charge in [0.1, 0.15) is 5.78 Å². The lowest BCUT2D eigenvalue weighted by molar-refractivity contribution is -0.126. The van der Waals surface area contributed by atoms with E-state index in [-0.39, 0.29) is 24.6 Å². The summed E-state index contributed by atoms with van der Waals surface area (Å²) in [5.74, 6) is 0.281. The van der Waals surface area contributed by atoms with Gasteiger partial charge in [-0.1, -0.05) is 6.92 Å². The average Bonchev–Trinajstić information content (AvgIpc) is 2.17. The highest BCUT2D eigenvalue weighted by atomic mass is 16.5. The molecule has 0 amide bonds. The van der Waals surface area contributed by atoms with Crippen LogP contribution in [0.4, 0.5) is 0 Å². The van der Waals surface area contributed by atoms with Crippen molar-refractivity contribution in [2.45, 2.75) is 38.9 Å². The van der Waals surface area contributed by atoms with Gasteiger partial charge in [0.05, 0.1) is 25.4 Å². The Kier molecular flexibility index (Phi) is 5.22. The lowest BCUT2D eigenvalue weighted by Crippen LogP contribution is -2.49. The van der Waals surface area contributed by atoms with E-state index in [0.29, 0.717) is 19.5 Å². The van der Waals surface area contributed by atoms with Gasteiger partial charge in [-0.25, -0.2) is 0 Å². The van der Waals surface area contributed by atoms with E-state index in [4.69, 9.17) is 9.84 Å². The van der Waals surface area contributed by atoms with E-state index >= 15 is 0 Å². The van der Waals surface area contributed by atoms with Gasteiger partial charge in [-0.15, -0.1) is 0 Å². The molecule has 0 aromatic carbocycles. The summed E-state index contributed by atoms with van der Waals surface area (Å²) in [6, 6.07) is 0. The van der Waals surface area contributed by atoms with Gasteiger partial charge in [0, 0.05) is 19.5 Å². The van der Waals surface area contributed by atoms with Crippen molar-refractivity contribution < 1.29 is 14.6 Å². The van der Waals surface area contributed by atoms with Crippen LogP contribution < -0.4 is 0 Å². The van der Waals surface area contributed by atoms with Crippen molar-refractivity contribution in [1.29, 1.82) is 0 Å². The second kappa shape index (κ2) is 6.20. The van der Waals surface area contributed by atoms with Crippen LogP contribution in [-0.2, 0) is 9.53 Å². The average molecular weight is 215 g/mol. The zero-order chi connectivity index (χ0) is 11.3.